The first-order chi connectivity index (χ1) is 11.3. The van der Waals surface area contributed by atoms with Crippen LogP contribution in [0.5, 0.6) is 0 Å². The molecule has 1 N–H and O–H groups in total. The minimum atomic E-state index is -0.228. The number of aromatic nitrogens is 2. The summed E-state index contributed by atoms with van der Waals surface area (Å²) in [7, 11) is 0. The van der Waals surface area contributed by atoms with Gasteiger partial charge in [-0.25, -0.2) is 9.07 Å². The Kier molecular flexibility index (Phi) is 4.04. The fourth-order valence-electron chi connectivity index (χ4n) is 3.69. The summed E-state index contributed by atoms with van der Waals surface area (Å²) in [6, 6.07) is 6.85. The van der Waals surface area contributed by atoms with Gasteiger partial charge < -0.3 is 10.2 Å². The Balaban J connectivity index is 1.59. The van der Waals surface area contributed by atoms with E-state index in [9.17, 15) is 4.39 Å². The van der Waals surface area contributed by atoms with Gasteiger partial charge in [-0.05, 0) is 44.5 Å². The van der Waals surface area contributed by atoms with Crippen LogP contribution < -0.4 is 5.32 Å². The van der Waals surface area contributed by atoms with Crippen LogP contribution in [0.3, 0.4) is 0 Å². The molecule has 2 aliphatic heterocycles. The second-order valence-corrected chi connectivity index (χ2v) is 6.47. The van der Waals surface area contributed by atoms with Crippen molar-refractivity contribution in [1.29, 1.82) is 0 Å². The Labute approximate surface area is 136 Å². The summed E-state index contributed by atoms with van der Waals surface area (Å²) in [5.41, 5.74) is 2.92. The first kappa shape index (κ1) is 14.7. The summed E-state index contributed by atoms with van der Waals surface area (Å²) >= 11 is 0. The van der Waals surface area contributed by atoms with E-state index in [0.29, 0.717) is 5.69 Å². The van der Waals surface area contributed by atoms with Crippen LogP contribution >= 0.6 is 0 Å². The monoisotopic (exact) mass is 314 g/mol. The van der Waals surface area contributed by atoms with Crippen LogP contribution in [0.1, 0.15) is 30.5 Å². The molecule has 1 aromatic carbocycles. The van der Waals surface area contributed by atoms with Crippen molar-refractivity contribution >= 4 is 5.82 Å². The van der Waals surface area contributed by atoms with Gasteiger partial charge in [0.15, 0.2) is 0 Å². The maximum atomic E-state index is 14.1. The second kappa shape index (κ2) is 6.32. The number of benzene rings is 1. The first-order valence-corrected chi connectivity index (χ1v) is 8.65. The zero-order valence-electron chi connectivity index (χ0n) is 13.4. The standard InChI is InChI=1S/C18H23FN4/c19-15-6-2-3-7-17(15)23-18-14(8-10-20-18)16(21-23)9-13-22-11-4-1-5-12-22/h2-3,6-7,20H,1,4-5,8-13H2. The maximum Gasteiger partial charge on any atom is 0.148 e. The molecule has 3 heterocycles. The third kappa shape index (κ3) is 2.85. The van der Waals surface area contributed by atoms with Crippen LogP contribution in [0, 0.1) is 5.82 Å². The molecule has 122 valence electrons. The van der Waals surface area contributed by atoms with Crippen molar-refractivity contribution < 1.29 is 4.39 Å². The van der Waals surface area contributed by atoms with Crippen LogP contribution in [0.25, 0.3) is 5.69 Å². The molecule has 1 saturated heterocycles. The summed E-state index contributed by atoms with van der Waals surface area (Å²) in [4.78, 5) is 2.53. The molecule has 23 heavy (non-hydrogen) atoms. The number of para-hydroxylation sites is 1. The van der Waals surface area contributed by atoms with E-state index in [-0.39, 0.29) is 5.82 Å². The maximum absolute atomic E-state index is 14.1. The third-order valence-corrected chi connectivity index (χ3v) is 4.93. The van der Waals surface area contributed by atoms with Gasteiger partial charge in [0, 0.05) is 25.1 Å². The van der Waals surface area contributed by atoms with E-state index in [1.807, 2.05) is 6.07 Å². The van der Waals surface area contributed by atoms with Gasteiger partial charge in [-0.15, -0.1) is 0 Å². The van der Waals surface area contributed by atoms with E-state index in [1.165, 1.54) is 44.0 Å². The summed E-state index contributed by atoms with van der Waals surface area (Å²) in [6.45, 7) is 4.38. The van der Waals surface area contributed by atoms with Crippen LogP contribution in [0.2, 0.25) is 0 Å². The molecule has 0 bridgehead atoms. The SMILES string of the molecule is Fc1ccccc1-n1nc(CCN2CCCCC2)c2c1NCC2. The quantitative estimate of drug-likeness (QED) is 0.942. The van der Waals surface area contributed by atoms with Gasteiger partial charge >= 0.3 is 0 Å². The number of hydrogen-bond donors (Lipinski definition) is 1. The number of nitrogens with one attached hydrogen (secondary N) is 1. The smallest absolute Gasteiger partial charge is 0.148 e. The average Bonchev–Trinajstić information content (AvgIpc) is 3.18. The Morgan fingerprint density at radius 1 is 1.13 bits per heavy atom. The van der Waals surface area contributed by atoms with Gasteiger partial charge in [-0.2, -0.15) is 5.10 Å². The molecule has 4 rings (SSSR count). The van der Waals surface area contributed by atoms with Crippen LogP contribution in [-0.2, 0) is 12.8 Å². The number of likely N-dealkylation sites (tertiary alicyclic amines) is 1. The van der Waals surface area contributed by atoms with Gasteiger partial charge in [0.25, 0.3) is 0 Å². The van der Waals surface area contributed by atoms with E-state index in [0.717, 1.165) is 37.4 Å². The largest absolute Gasteiger partial charge is 0.369 e. The van der Waals surface area contributed by atoms with Crippen LogP contribution in [0.15, 0.2) is 24.3 Å². The second-order valence-electron chi connectivity index (χ2n) is 6.47. The molecule has 1 aromatic heterocycles. The molecule has 0 aliphatic carbocycles. The summed E-state index contributed by atoms with van der Waals surface area (Å²) in [5, 5.41) is 8.11. The molecule has 0 unspecified atom stereocenters. The lowest BCUT2D eigenvalue weighted by atomic mass is 10.1. The summed E-state index contributed by atoms with van der Waals surface area (Å²) < 4.78 is 15.9. The molecule has 0 amide bonds. The number of nitrogens with zero attached hydrogens (tertiary/aromatic N) is 3. The molecule has 0 atom stereocenters. The Morgan fingerprint density at radius 3 is 2.78 bits per heavy atom. The summed E-state index contributed by atoms with van der Waals surface area (Å²) in [6.07, 6.45) is 5.91. The zero-order valence-corrected chi connectivity index (χ0v) is 13.4. The highest BCUT2D eigenvalue weighted by atomic mass is 19.1. The molecule has 0 saturated carbocycles. The van der Waals surface area contributed by atoms with E-state index >= 15 is 0 Å². The van der Waals surface area contributed by atoms with Gasteiger partial charge in [0.1, 0.15) is 17.3 Å². The number of hydrogen-bond acceptors (Lipinski definition) is 3. The number of rotatable bonds is 4. The lowest BCUT2D eigenvalue weighted by Gasteiger charge is -2.26. The van der Waals surface area contributed by atoms with E-state index in [4.69, 9.17) is 5.10 Å². The predicted octanol–water partition coefficient (Wildman–Crippen LogP) is 3.01. The molecule has 1 fully saturated rings. The average molecular weight is 314 g/mol. The van der Waals surface area contributed by atoms with Crippen molar-refractivity contribution in [2.45, 2.75) is 32.1 Å². The highest BCUT2D eigenvalue weighted by Gasteiger charge is 2.24. The lowest BCUT2D eigenvalue weighted by molar-refractivity contribution is 0.230. The fourth-order valence-corrected chi connectivity index (χ4v) is 3.69. The molecular formula is C18H23FN4. The van der Waals surface area contributed by atoms with Gasteiger partial charge in [-0.1, -0.05) is 18.6 Å². The van der Waals surface area contributed by atoms with Crippen molar-refractivity contribution in [2.24, 2.45) is 0 Å². The third-order valence-electron chi connectivity index (χ3n) is 4.93. The molecule has 2 aliphatic rings. The molecule has 4 nitrogen and oxygen atoms in total. The normalized spacial score (nSPS) is 18.0. The fraction of sp³-hybridized carbons (Fsp3) is 0.500. The van der Waals surface area contributed by atoms with Crippen molar-refractivity contribution in [3.63, 3.8) is 0 Å². The predicted molar refractivity (Wildman–Crippen MR) is 89.7 cm³/mol. The van der Waals surface area contributed by atoms with Crippen molar-refractivity contribution in [1.82, 2.24) is 14.7 Å². The van der Waals surface area contributed by atoms with Crippen LogP contribution in [-0.4, -0.2) is 40.9 Å². The molecule has 2 aromatic rings. The minimum Gasteiger partial charge on any atom is -0.369 e. The van der Waals surface area contributed by atoms with Gasteiger partial charge in [0.05, 0.1) is 5.69 Å². The van der Waals surface area contributed by atoms with E-state index < -0.39 is 0 Å². The molecule has 0 radical (unpaired) electrons. The Bertz CT molecular complexity index is 688. The highest BCUT2D eigenvalue weighted by molar-refractivity contribution is 5.57. The minimum absolute atomic E-state index is 0.228. The summed E-state index contributed by atoms with van der Waals surface area (Å²) in [5.74, 6) is 0.748. The molecule has 0 spiro atoms. The number of fused-ring (bicyclic) bond motifs is 1. The van der Waals surface area contributed by atoms with Crippen LogP contribution in [0.4, 0.5) is 10.2 Å². The molecule has 5 heteroatoms. The number of anilines is 1. The van der Waals surface area contributed by atoms with Gasteiger partial charge in [-0.3, -0.25) is 0 Å². The molecular weight excluding hydrogens is 291 g/mol. The zero-order chi connectivity index (χ0) is 15.6. The van der Waals surface area contributed by atoms with Crippen molar-refractivity contribution in [3.8, 4) is 5.69 Å². The Hall–Kier alpha value is -1.88. The van der Waals surface area contributed by atoms with Gasteiger partial charge in [0.2, 0.25) is 0 Å². The Morgan fingerprint density at radius 2 is 1.96 bits per heavy atom. The highest BCUT2D eigenvalue weighted by Crippen LogP contribution is 2.30. The van der Waals surface area contributed by atoms with E-state index in [2.05, 4.69) is 10.2 Å². The topological polar surface area (TPSA) is 33.1 Å². The number of piperidine rings is 1. The van der Waals surface area contributed by atoms with E-state index in [1.54, 1.807) is 16.8 Å². The first-order valence-electron chi connectivity index (χ1n) is 8.65. The van der Waals surface area contributed by atoms with Crippen molar-refractivity contribution in [2.75, 3.05) is 31.5 Å². The van der Waals surface area contributed by atoms with Crippen molar-refractivity contribution in [3.05, 3.63) is 41.3 Å². The lowest BCUT2D eigenvalue weighted by Crippen LogP contribution is -2.31. The number of halogens is 1.